The standard InChI is InChI=1S/C20H25N5S/c1-3-22-20(23-13-16(2)19-9-6-12-26-19)24-14-17-7-4-5-8-18(17)25-11-10-21-15-25/h4-12,15-16H,3,13-14H2,1-2H3,(H2,22,23,24). The molecule has 0 radical (unpaired) electrons. The molecule has 1 aromatic carbocycles. The van der Waals surface area contributed by atoms with Gasteiger partial charge in [-0.3, -0.25) is 0 Å². The Kier molecular flexibility index (Phi) is 6.44. The van der Waals surface area contributed by atoms with Crippen LogP contribution >= 0.6 is 11.3 Å². The van der Waals surface area contributed by atoms with Crippen LogP contribution in [0.15, 0.2) is 65.5 Å². The van der Waals surface area contributed by atoms with Gasteiger partial charge in [-0.15, -0.1) is 11.3 Å². The van der Waals surface area contributed by atoms with Crippen LogP contribution < -0.4 is 10.6 Å². The highest BCUT2D eigenvalue weighted by Crippen LogP contribution is 2.19. The molecular formula is C20H25N5S. The van der Waals surface area contributed by atoms with E-state index in [9.17, 15) is 0 Å². The zero-order valence-electron chi connectivity index (χ0n) is 15.2. The Bertz CT molecular complexity index is 809. The zero-order chi connectivity index (χ0) is 18.2. The van der Waals surface area contributed by atoms with Crippen LogP contribution in [0, 0.1) is 0 Å². The lowest BCUT2D eigenvalue weighted by Crippen LogP contribution is -2.39. The van der Waals surface area contributed by atoms with Crippen molar-refractivity contribution >= 4 is 17.3 Å². The molecule has 0 bridgehead atoms. The van der Waals surface area contributed by atoms with Gasteiger partial charge < -0.3 is 15.2 Å². The molecule has 3 aromatic rings. The molecule has 6 heteroatoms. The normalized spacial score (nSPS) is 12.8. The average molecular weight is 368 g/mol. The molecule has 136 valence electrons. The second kappa shape index (κ2) is 9.20. The predicted octanol–water partition coefficient (Wildman–Crippen LogP) is 3.79. The summed E-state index contributed by atoms with van der Waals surface area (Å²) in [6.07, 6.45) is 5.56. The molecular weight excluding hydrogens is 342 g/mol. The maximum absolute atomic E-state index is 4.77. The minimum atomic E-state index is 0.456. The average Bonchev–Trinajstić information content (AvgIpc) is 3.38. The van der Waals surface area contributed by atoms with Gasteiger partial charge >= 0.3 is 0 Å². The summed E-state index contributed by atoms with van der Waals surface area (Å²) in [5, 5.41) is 8.91. The Hall–Kier alpha value is -2.60. The summed E-state index contributed by atoms with van der Waals surface area (Å²) in [6.45, 7) is 6.62. The summed E-state index contributed by atoms with van der Waals surface area (Å²) < 4.78 is 2.02. The Morgan fingerprint density at radius 3 is 2.85 bits per heavy atom. The number of aromatic nitrogens is 2. The van der Waals surface area contributed by atoms with E-state index in [0.29, 0.717) is 12.5 Å². The first-order chi connectivity index (χ1) is 12.8. The molecule has 1 atom stereocenters. The van der Waals surface area contributed by atoms with Crippen molar-refractivity contribution in [3.8, 4) is 5.69 Å². The van der Waals surface area contributed by atoms with Gasteiger partial charge in [0, 0.05) is 36.3 Å². The van der Waals surface area contributed by atoms with Crippen LogP contribution in [0.25, 0.3) is 5.69 Å². The molecule has 3 rings (SSSR count). The van der Waals surface area contributed by atoms with E-state index in [4.69, 9.17) is 4.99 Å². The van der Waals surface area contributed by atoms with Crippen molar-refractivity contribution in [1.29, 1.82) is 0 Å². The summed E-state index contributed by atoms with van der Waals surface area (Å²) in [7, 11) is 0. The van der Waals surface area contributed by atoms with Gasteiger partial charge in [0.05, 0.1) is 18.6 Å². The first kappa shape index (κ1) is 18.2. The number of nitrogens with zero attached hydrogens (tertiary/aromatic N) is 3. The molecule has 5 nitrogen and oxygen atoms in total. The second-order valence-corrected chi connectivity index (χ2v) is 7.07. The number of hydrogen-bond donors (Lipinski definition) is 2. The molecule has 2 N–H and O–H groups in total. The summed E-state index contributed by atoms with van der Waals surface area (Å²) in [5.74, 6) is 1.30. The lowest BCUT2D eigenvalue weighted by atomic mass is 10.1. The number of benzene rings is 1. The maximum atomic E-state index is 4.77. The van der Waals surface area contributed by atoms with Gasteiger partial charge in [-0.1, -0.05) is 31.2 Å². The number of para-hydroxylation sites is 1. The lowest BCUT2D eigenvalue weighted by molar-refractivity contribution is 0.709. The van der Waals surface area contributed by atoms with Crippen molar-refractivity contribution in [3.63, 3.8) is 0 Å². The minimum absolute atomic E-state index is 0.456. The highest BCUT2D eigenvalue weighted by atomic mass is 32.1. The maximum Gasteiger partial charge on any atom is 0.191 e. The van der Waals surface area contributed by atoms with E-state index in [2.05, 4.69) is 59.1 Å². The SMILES string of the molecule is CCNC(=NCc1ccccc1-n1ccnc1)NCC(C)c1cccs1. The van der Waals surface area contributed by atoms with Gasteiger partial charge in [0.1, 0.15) is 0 Å². The molecule has 26 heavy (non-hydrogen) atoms. The van der Waals surface area contributed by atoms with Crippen LogP contribution in [0.3, 0.4) is 0 Å². The van der Waals surface area contributed by atoms with Crippen molar-refractivity contribution in [2.24, 2.45) is 4.99 Å². The van der Waals surface area contributed by atoms with Gasteiger partial charge in [0.2, 0.25) is 0 Å². The zero-order valence-corrected chi connectivity index (χ0v) is 16.0. The van der Waals surface area contributed by atoms with E-state index in [1.807, 2.05) is 29.2 Å². The number of nitrogens with one attached hydrogen (secondary N) is 2. The molecule has 2 heterocycles. The number of aliphatic imine (C=N–C) groups is 1. The Balaban J connectivity index is 1.68. The third-order valence-corrected chi connectivity index (χ3v) is 5.23. The predicted molar refractivity (Wildman–Crippen MR) is 109 cm³/mol. The van der Waals surface area contributed by atoms with E-state index in [-0.39, 0.29) is 0 Å². The first-order valence-electron chi connectivity index (χ1n) is 8.89. The first-order valence-corrected chi connectivity index (χ1v) is 9.77. The summed E-state index contributed by atoms with van der Waals surface area (Å²) in [6, 6.07) is 12.6. The van der Waals surface area contributed by atoms with E-state index in [0.717, 1.165) is 30.3 Å². The minimum Gasteiger partial charge on any atom is -0.357 e. The largest absolute Gasteiger partial charge is 0.357 e. The van der Waals surface area contributed by atoms with Gasteiger partial charge in [-0.05, 0) is 30.0 Å². The summed E-state index contributed by atoms with van der Waals surface area (Å²) in [4.78, 5) is 10.3. The number of guanidine groups is 1. The highest BCUT2D eigenvalue weighted by molar-refractivity contribution is 7.10. The lowest BCUT2D eigenvalue weighted by Gasteiger charge is -2.15. The molecule has 0 saturated carbocycles. The number of hydrogen-bond acceptors (Lipinski definition) is 3. The fraction of sp³-hybridized carbons (Fsp3) is 0.300. The highest BCUT2D eigenvalue weighted by Gasteiger charge is 2.08. The molecule has 0 aliphatic carbocycles. The third-order valence-electron chi connectivity index (χ3n) is 4.13. The fourth-order valence-electron chi connectivity index (χ4n) is 2.73. The monoisotopic (exact) mass is 367 g/mol. The second-order valence-electron chi connectivity index (χ2n) is 6.09. The fourth-order valence-corrected chi connectivity index (χ4v) is 3.51. The van der Waals surface area contributed by atoms with Crippen LogP contribution in [-0.4, -0.2) is 28.6 Å². The molecule has 0 aliphatic rings. The van der Waals surface area contributed by atoms with Crippen LogP contribution in [-0.2, 0) is 6.54 Å². The molecule has 0 fully saturated rings. The Labute approximate surface area is 158 Å². The Morgan fingerprint density at radius 2 is 2.12 bits per heavy atom. The molecule has 0 amide bonds. The molecule has 0 spiro atoms. The van der Waals surface area contributed by atoms with Crippen molar-refractivity contribution in [1.82, 2.24) is 20.2 Å². The van der Waals surface area contributed by atoms with E-state index in [1.54, 1.807) is 17.5 Å². The van der Waals surface area contributed by atoms with E-state index >= 15 is 0 Å². The van der Waals surface area contributed by atoms with Crippen molar-refractivity contribution in [3.05, 3.63) is 70.9 Å². The van der Waals surface area contributed by atoms with Crippen molar-refractivity contribution in [2.45, 2.75) is 26.3 Å². The van der Waals surface area contributed by atoms with Gasteiger partial charge in [-0.2, -0.15) is 0 Å². The van der Waals surface area contributed by atoms with Crippen LogP contribution in [0.4, 0.5) is 0 Å². The number of imidazole rings is 1. The molecule has 2 aromatic heterocycles. The van der Waals surface area contributed by atoms with E-state index in [1.165, 1.54) is 4.88 Å². The molecule has 1 unspecified atom stereocenters. The Morgan fingerprint density at radius 1 is 1.23 bits per heavy atom. The van der Waals surface area contributed by atoms with Gasteiger partial charge in [0.15, 0.2) is 5.96 Å². The topological polar surface area (TPSA) is 54.2 Å². The van der Waals surface area contributed by atoms with Crippen molar-refractivity contribution in [2.75, 3.05) is 13.1 Å². The van der Waals surface area contributed by atoms with Crippen LogP contribution in [0.2, 0.25) is 0 Å². The molecule has 0 saturated heterocycles. The van der Waals surface area contributed by atoms with Gasteiger partial charge in [0.25, 0.3) is 0 Å². The summed E-state index contributed by atoms with van der Waals surface area (Å²) >= 11 is 1.80. The van der Waals surface area contributed by atoms with Crippen LogP contribution in [0.5, 0.6) is 0 Å². The third kappa shape index (κ3) is 4.73. The smallest absolute Gasteiger partial charge is 0.191 e. The van der Waals surface area contributed by atoms with Gasteiger partial charge in [-0.25, -0.2) is 9.98 Å². The van der Waals surface area contributed by atoms with E-state index < -0.39 is 0 Å². The number of rotatable bonds is 7. The van der Waals surface area contributed by atoms with Crippen molar-refractivity contribution < 1.29 is 0 Å². The molecule has 0 aliphatic heterocycles. The summed E-state index contributed by atoms with van der Waals surface area (Å²) in [5.41, 5.74) is 2.27. The number of thiophene rings is 1. The quantitative estimate of drug-likeness (QED) is 0.493. The van der Waals surface area contributed by atoms with Crippen LogP contribution in [0.1, 0.15) is 30.2 Å².